The second-order valence-corrected chi connectivity index (χ2v) is 8.43. The van der Waals surface area contributed by atoms with E-state index < -0.39 is 12.0 Å². The second-order valence-electron chi connectivity index (χ2n) is 6.75. The van der Waals surface area contributed by atoms with E-state index in [-0.39, 0.29) is 10.2 Å². The van der Waals surface area contributed by atoms with Gasteiger partial charge in [0.1, 0.15) is 16.1 Å². The van der Waals surface area contributed by atoms with Gasteiger partial charge in [0.05, 0.1) is 11.5 Å². The molecule has 0 spiro atoms. The second kappa shape index (κ2) is 11.2. The lowest BCUT2D eigenvalue weighted by Crippen LogP contribution is -2.41. The van der Waals surface area contributed by atoms with Crippen LogP contribution >= 0.6 is 24.0 Å². The summed E-state index contributed by atoms with van der Waals surface area (Å²) in [5.41, 5.74) is 0.843. The molecule has 7 heteroatoms. The van der Waals surface area contributed by atoms with E-state index in [0.29, 0.717) is 11.5 Å². The first-order valence-corrected chi connectivity index (χ1v) is 10.9. The van der Waals surface area contributed by atoms with Crippen molar-refractivity contribution in [2.24, 2.45) is 0 Å². The van der Waals surface area contributed by atoms with E-state index in [0.717, 1.165) is 34.4 Å². The van der Waals surface area contributed by atoms with Gasteiger partial charge in [-0.25, -0.2) is 4.79 Å². The van der Waals surface area contributed by atoms with Crippen LogP contribution in [0.2, 0.25) is 0 Å². The number of rotatable bonds is 11. The number of ether oxygens (including phenoxy) is 1. The number of hydrogen-bond donors (Lipinski definition) is 1. The zero-order valence-corrected chi connectivity index (χ0v) is 18.0. The number of hydrogen-bond acceptors (Lipinski definition) is 5. The van der Waals surface area contributed by atoms with Crippen molar-refractivity contribution in [2.75, 3.05) is 6.61 Å². The quantitative estimate of drug-likeness (QED) is 0.305. The smallest absolute Gasteiger partial charge is 0.326 e. The van der Waals surface area contributed by atoms with Crippen LogP contribution in [0.3, 0.4) is 0 Å². The molecule has 0 aromatic heterocycles. The Morgan fingerprint density at radius 3 is 2.50 bits per heavy atom. The molecule has 1 aliphatic rings. The Labute approximate surface area is 176 Å². The lowest BCUT2D eigenvalue weighted by atomic mass is 10.1. The van der Waals surface area contributed by atoms with Gasteiger partial charge in [0.15, 0.2) is 0 Å². The number of thioether (sulfide) groups is 1. The number of carboxylic acids is 1. The van der Waals surface area contributed by atoms with Crippen molar-refractivity contribution in [3.05, 3.63) is 34.7 Å². The number of carboxylic acid groups (broad SMARTS) is 1. The van der Waals surface area contributed by atoms with E-state index in [4.69, 9.17) is 22.1 Å². The number of aliphatic carboxylic acids is 1. The van der Waals surface area contributed by atoms with Gasteiger partial charge in [-0.05, 0) is 37.1 Å². The van der Waals surface area contributed by atoms with Crippen LogP contribution in [0.15, 0.2) is 29.2 Å². The summed E-state index contributed by atoms with van der Waals surface area (Å²) in [6.45, 7) is 4.37. The molecule has 0 aliphatic carbocycles. The number of amides is 1. The van der Waals surface area contributed by atoms with Crippen molar-refractivity contribution in [3.63, 3.8) is 0 Å². The van der Waals surface area contributed by atoms with Gasteiger partial charge in [-0.3, -0.25) is 9.69 Å². The molecule has 1 saturated heterocycles. The molecule has 1 N–H and O–H groups in total. The van der Waals surface area contributed by atoms with Crippen LogP contribution in [0.25, 0.3) is 6.08 Å². The van der Waals surface area contributed by atoms with E-state index >= 15 is 0 Å². The molecule has 152 valence electrons. The SMILES string of the molecule is CCCCCCCCOc1ccc(/C=C2/SC(=S)N(C(C)C(=O)O)C2=O)cc1. The Kier molecular flexibility index (Phi) is 8.99. The number of carbonyl (C=O) groups excluding carboxylic acids is 1. The highest BCUT2D eigenvalue weighted by molar-refractivity contribution is 8.26. The zero-order valence-electron chi connectivity index (χ0n) is 16.3. The maximum atomic E-state index is 12.5. The van der Waals surface area contributed by atoms with Crippen LogP contribution < -0.4 is 4.74 Å². The maximum Gasteiger partial charge on any atom is 0.326 e. The summed E-state index contributed by atoms with van der Waals surface area (Å²) < 4.78 is 6.03. The highest BCUT2D eigenvalue weighted by Crippen LogP contribution is 2.34. The third-order valence-electron chi connectivity index (χ3n) is 4.51. The summed E-state index contributed by atoms with van der Waals surface area (Å²) in [7, 11) is 0. The molecule has 1 aromatic carbocycles. The maximum absolute atomic E-state index is 12.5. The molecule has 0 bridgehead atoms. The fourth-order valence-electron chi connectivity index (χ4n) is 2.81. The van der Waals surface area contributed by atoms with Crippen molar-refractivity contribution in [3.8, 4) is 5.75 Å². The van der Waals surface area contributed by atoms with Crippen molar-refractivity contribution in [1.82, 2.24) is 4.90 Å². The molecule has 5 nitrogen and oxygen atoms in total. The Balaban J connectivity index is 1.87. The molecule has 2 rings (SSSR count). The van der Waals surface area contributed by atoms with Crippen molar-refractivity contribution in [1.29, 1.82) is 0 Å². The number of carbonyl (C=O) groups is 2. The van der Waals surface area contributed by atoms with Gasteiger partial charge in [-0.1, -0.05) is 75.1 Å². The molecule has 1 atom stereocenters. The van der Waals surface area contributed by atoms with Gasteiger partial charge < -0.3 is 9.84 Å². The summed E-state index contributed by atoms with van der Waals surface area (Å²) in [5.74, 6) is -0.643. The van der Waals surface area contributed by atoms with E-state index in [1.165, 1.54) is 39.0 Å². The highest BCUT2D eigenvalue weighted by Gasteiger charge is 2.38. The third-order valence-corrected chi connectivity index (χ3v) is 5.84. The van der Waals surface area contributed by atoms with Gasteiger partial charge in [0.25, 0.3) is 5.91 Å². The summed E-state index contributed by atoms with van der Waals surface area (Å²) in [6, 6.07) is 6.54. The molecular formula is C21H27NO4S2. The van der Waals surface area contributed by atoms with Crippen LogP contribution in [0.5, 0.6) is 5.75 Å². The lowest BCUT2D eigenvalue weighted by Gasteiger charge is -2.18. The largest absolute Gasteiger partial charge is 0.494 e. The molecule has 28 heavy (non-hydrogen) atoms. The Morgan fingerprint density at radius 1 is 1.21 bits per heavy atom. The monoisotopic (exact) mass is 421 g/mol. The predicted octanol–water partition coefficient (Wildman–Crippen LogP) is 5.10. The third kappa shape index (κ3) is 6.34. The highest BCUT2D eigenvalue weighted by atomic mass is 32.2. The number of thiocarbonyl (C=S) groups is 1. The zero-order chi connectivity index (χ0) is 20.5. The minimum Gasteiger partial charge on any atom is -0.494 e. The Morgan fingerprint density at radius 2 is 1.86 bits per heavy atom. The number of nitrogens with zero attached hydrogens (tertiary/aromatic N) is 1. The Bertz CT molecular complexity index is 730. The van der Waals surface area contributed by atoms with Gasteiger partial charge in [-0.15, -0.1) is 0 Å². The van der Waals surface area contributed by atoms with Gasteiger partial charge in [0, 0.05) is 0 Å². The van der Waals surface area contributed by atoms with E-state index in [1.54, 1.807) is 6.08 Å². The van der Waals surface area contributed by atoms with Crippen molar-refractivity contribution < 1.29 is 19.4 Å². The molecule has 0 radical (unpaired) electrons. The van der Waals surface area contributed by atoms with E-state index in [9.17, 15) is 9.59 Å². The fraction of sp³-hybridized carbons (Fsp3) is 0.476. The molecule has 1 heterocycles. The van der Waals surface area contributed by atoms with E-state index in [2.05, 4.69) is 6.92 Å². The van der Waals surface area contributed by atoms with Gasteiger partial charge in [-0.2, -0.15) is 0 Å². The molecule has 0 saturated carbocycles. The van der Waals surface area contributed by atoms with E-state index in [1.807, 2.05) is 24.3 Å². The standard InChI is InChI=1S/C21H27NO4S2/c1-3-4-5-6-7-8-13-26-17-11-9-16(10-12-17)14-18-19(23)22(21(27)28-18)15(2)20(24)25/h9-12,14-15H,3-8,13H2,1-2H3,(H,24,25)/b18-14+. The molecule has 1 aliphatic heterocycles. The molecular weight excluding hydrogens is 394 g/mol. The molecule has 1 unspecified atom stereocenters. The summed E-state index contributed by atoms with van der Waals surface area (Å²) in [4.78, 5) is 25.2. The summed E-state index contributed by atoms with van der Waals surface area (Å²) in [5, 5.41) is 9.13. The van der Waals surface area contributed by atoms with Crippen LogP contribution in [0.4, 0.5) is 0 Å². The molecule has 1 amide bonds. The lowest BCUT2D eigenvalue weighted by molar-refractivity contribution is -0.144. The van der Waals surface area contributed by atoms with Crippen LogP contribution in [-0.4, -0.2) is 38.9 Å². The molecule has 1 fully saturated rings. The topological polar surface area (TPSA) is 66.8 Å². The van der Waals surface area contributed by atoms with Crippen LogP contribution in [0, 0.1) is 0 Å². The number of unbranched alkanes of at least 4 members (excludes halogenated alkanes) is 5. The van der Waals surface area contributed by atoms with Crippen molar-refractivity contribution in [2.45, 2.75) is 58.4 Å². The fourth-order valence-corrected chi connectivity index (χ4v) is 4.23. The normalized spacial score (nSPS) is 16.6. The average molecular weight is 422 g/mol. The summed E-state index contributed by atoms with van der Waals surface area (Å²) >= 11 is 6.29. The first-order valence-electron chi connectivity index (χ1n) is 9.66. The van der Waals surface area contributed by atoms with Gasteiger partial charge in [0.2, 0.25) is 0 Å². The number of benzene rings is 1. The Hall–Kier alpha value is -1.86. The predicted molar refractivity (Wildman–Crippen MR) is 117 cm³/mol. The van der Waals surface area contributed by atoms with Crippen LogP contribution in [-0.2, 0) is 9.59 Å². The summed E-state index contributed by atoms with van der Waals surface area (Å²) in [6.07, 6.45) is 9.08. The van der Waals surface area contributed by atoms with Crippen LogP contribution in [0.1, 0.15) is 57.9 Å². The minimum absolute atomic E-state index is 0.269. The first kappa shape index (κ1) is 22.4. The minimum atomic E-state index is -1.08. The first-order chi connectivity index (χ1) is 13.4. The van der Waals surface area contributed by atoms with Gasteiger partial charge >= 0.3 is 5.97 Å². The molecule has 1 aromatic rings. The average Bonchev–Trinajstić information content (AvgIpc) is 2.95. The van der Waals surface area contributed by atoms with Crippen molar-refractivity contribution >= 4 is 46.3 Å².